The van der Waals surface area contributed by atoms with E-state index in [1.807, 2.05) is 18.2 Å². The van der Waals surface area contributed by atoms with Crippen LogP contribution in [0.5, 0.6) is 5.75 Å². The number of para-hydroxylation sites is 1. The third-order valence-corrected chi connectivity index (χ3v) is 7.34. The molecule has 1 aliphatic heterocycles. The van der Waals surface area contributed by atoms with Crippen molar-refractivity contribution in [2.75, 3.05) is 18.5 Å². The van der Waals surface area contributed by atoms with Gasteiger partial charge in [-0.25, -0.2) is 0 Å². The number of amides is 1. The van der Waals surface area contributed by atoms with Gasteiger partial charge in [0.2, 0.25) is 0 Å². The number of ketones is 2. The Morgan fingerprint density at radius 2 is 1.61 bits per heavy atom. The van der Waals surface area contributed by atoms with Crippen molar-refractivity contribution in [1.82, 2.24) is 4.90 Å². The van der Waals surface area contributed by atoms with Crippen LogP contribution < -0.4 is 10.1 Å². The van der Waals surface area contributed by atoms with E-state index in [0.717, 1.165) is 37.1 Å². The van der Waals surface area contributed by atoms with Crippen molar-refractivity contribution < 1.29 is 19.1 Å². The molecule has 2 aromatic carbocycles. The first-order valence-corrected chi connectivity index (χ1v) is 12.9. The SMILES string of the molecule is CCN1C2=C(C(=O)CCC2)C(c2cc(Cl)ccc2OCC(=O)Nc2ccccc2)C2=C1CCCC2=O. The molecular weight excluding hydrogens is 476 g/mol. The average Bonchev–Trinajstić information content (AvgIpc) is 2.87. The maximum absolute atomic E-state index is 13.4. The second-order valence-corrected chi connectivity index (χ2v) is 9.77. The van der Waals surface area contributed by atoms with Crippen LogP contribution in [0.3, 0.4) is 0 Å². The quantitative estimate of drug-likeness (QED) is 0.538. The molecule has 186 valence electrons. The van der Waals surface area contributed by atoms with E-state index in [2.05, 4.69) is 17.1 Å². The molecule has 2 aliphatic carbocycles. The van der Waals surface area contributed by atoms with Gasteiger partial charge in [0.15, 0.2) is 18.2 Å². The number of rotatable bonds is 6. The van der Waals surface area contributed by atoms with E-state index >= 15 is 0 Å². The highest BCUT2D eigenvalue weighted by Gasteiger charge is 2.43. The van der Waals surface area contributed by atoms with E-state index in [1.165, 1.54) is 0 Å². The lowest BCUT2D eigenvalue weighted by atomic mass is 9.70. The highest BCUT2D eigenvalue weighted by Crippen LogP contribution is 2.51. The van der Waals surface area contributed by atoms with Crippen molar-refractivity contribution in [2.24, 2.45) is 0 Å². The largest absolute Gasteiger partial charge is 0.483 e. The molecule has 0 saturated carbocycles. The predicted octanol–water partition coefficient (Wildman–Crippen LogP) is 5.79. The fourth-order valence-corrected chi connectivity index (χ4v) is 5.83. The number of nitrogens with zero attached hydrogens (tertiary/aromatic N) is 1. The van der Waals surface area contributed by atoms with Crippen molar-refractivity contribution in [1.29, 1.82) is 0 Å². The molecule has 1 N–H and O–H groups in total. The van der Waals surface area contributed by atoms with Gasteiger partial charge in [0.1, 0.15) is 5.75 Å². The highest BCUT2D eigenvalue weighted by molar-refractivity contribution is 6.30. The first kappa shape index (κ1) is 24.3. The van der Waals surface area contributed by atoms with Crippen molar-refractivity contribution in [3.05, 3.63) is 81.7 Å². The number of halogens is 1. The molecule has 36 heavy (non-hydrogen) atoms. The summed E-state index contributed by atoms with van der Waals surface area (Å²) in [5, 5.41) is 3.30. The average molecular weight is 505 g/mol. The number of carbonyl (C=O) groups excluding carboxylic acids is 3. The molecule has 0 saturated heterocycles. The number of hydrogen-bond donors (Lipinski definition) is 1. The van der Waals surface area contributed by atoms with Crippen LogP contribution in [0.2, 0.25) is 5.02 Å². The van der Waals surface area contributed by atoms with Crippen molar-refractivity contribution in [2.45, 2.75) is 51.4 Å². The van der Waals surface area contributed by atoms with E-state index in [1.54, 1.807) is 30.3 Å². The third-order valence-electron chi connectivity index (χ3n) is 7.10. The molecule has 0 radical (unpaired) electrons. The van der Waals surface area contributed by atoms with E-state index in [9.17, 15) is 14.4 Å². The number of Topliss-reactive ketones (excluding diaryl/α,β-unsaturated/α-hetero) is 2. The van der Waals surface area contributed by atoms with Crippen LogP contribution in [0.4, 0.5) is 5.69 Å². The Hall–Kier alpha value is -3.38. The Morgan fingerprint density at radius 3 is 2.22 bits per heavy atom. The zero-order valence-electron chi connectivity index (χ0n) is 20.3. The standard InChI is InChI=1S/C29H29ClN2O4/c1-2-32-21-10-6-12-23(33)28(21)27(29-22(32)11-7-13-24(29)34)20-16-18(30)14-15-25(20)36-17-26(35)31-19-8-4-3-5-9-19/h3-5,8-9,14-16,27H,2,6-7,10-13,17H2,1H3,(H,31,35). The van der Waals surface area contributed by atoms with E-state index in [4.69, 9.17) is 16.3 Å². The zero-order valence-corrected chi connectivity index (χ0v) is 21.1. The molecule has 7 heteroatoms. The van der Waals surface area contributed by atoms with E-state index < -0.39 is 5.92 Å². The number of carbonyl (C=O) groups is 3. The number of nitrogens with one attached hydrogen (secondary N) is 1. The van der Waals surface area contributed by atoms with Crippen LogP contribution in [-0.2, 0) is 14.4 Å². The van der Waals surface area contributed by atoms with Crippen molar-refractivity contribution in [3.63, 3.8) is 0 Å². The Labute approximate surface area is 216 Å². The summed E-state index contributed by atoms with van der Waals surface area (Å²) in [5.41, 5.74) is 4.73. The summed E-state index contributed by atoms with van der Waals surface area (Å²) in [5.74, 6) is -0.253. The maximum atomic E-state index is 13.4. The molecule has 5 rings (SSSR count). The van der Waals surface area contributed by atoms with Crippen LogP contribution >= 0.6 is 11.6 Å². The minimum Gasteiger partial charge on any atom is -0.483 e. The topological polar surface area (TPSA) is 75.7 Å². The molecular formula is C29H29ClN2O4. The summed E-state index contributed by atoms with van der Waals surface area (Å²) in [6.45, 7) is 2.56. The third kappa shape index (κ3) is 4.58. The van der Waals surface area contributed by atoms with E-state index in [0.29, 0.717) is 52.6 Å². The minimum atomic E-state index is -0.538. The molecule has 1 heterocycles. The van der Waals surface area contributed by atoms with Gasteiger partial charge < -0.3 is 15.0 Å². The summed E-state index contributed by atoms with van der Waals surface area (Å²) in [6.07, 6.45) is 4.12. The Morgan fingerprint density at radius 1 is 0.972 bits per heavy atom. The normalized spacial score (nSPS) is 18.2. The van der Waals surface area contributed by atoms with Gasteiger partial charge in [0.05, 0.1) is 0 Å². The molecule has 0 fully saturated rings. The smallest absolute Gasteiger partial charge is 0.262 e. The van der Waals surface area contributed by atoms with Crippen LogP contribution in [0.1, 0.15) is 56.9 Å². The molecule has 0 spiro atoms. The Balaban J connectivity index is 1.55. The van der Waals surface area contributed by atoms with Crippen molar-refractivity contribution >= 4 is 34.8 Å². The summed E-state index contributed by atoms with van der Waals surface area (Å²) in [7, 11) is 0. The summed E-state index contributed by atoms with van der Waals surface area (Å²) < 4.78 is 6.01. The molecule has 6 nitrogen and oxygen atoms in total. The monoisotopic (exact) mass is 504 g/mol. The van der Waals surface area contributed by atoms with Crippen molar-refractivity contribution in [3.8, 4) is 5.75 Å². The van der Waals surface area contributed by atoms with Crippen LogP contribution in [0, 0.1) is 0 Å². The molecule has 3 aliphatic rings. The van der Waals surface area contributed by atoms with Gasteiger partial charge in [-0.05, 0) is 62.9 Å². The summed E-state index contributed by atoms with van der Waals surface area (Å²) >= 11 is 6.44. The zero-order chi connectivity index (χ0) is 25.2. The van der Waals surface area contributed by atoms with Gasteiger partial charge in [-0.3, -0.25) is 14.4 Å². The first-order valence-electron chi connectivity index (χ1n) is 12.5. The second kappa shape index (κ2) is 10.3. The fourth-order valence-electron chi connectivity index (χ4n) is 5.65. The number of ether oxygens (including phenoxy) is 1. The summed E-state index contributed by atoms with van der Waals surface area (Å²) in [6, 6.07) is 14.4. The lowest BCUT2D eigenvalue weighted by molar-refractivity contribution is -0.119. The van der Waals surface area contributed by atoms with Gasteiger partial charge in [-0.15, -0.1) is 0 Å². The van der Waals surface area contributed by atoms with Crippen LogP contribution in [-0.4, -0.2) is 35.5 Å². The van der Waals surface area contributed by atoms with Gasteiger partial charge in [0.25, 0.3) is 5.91 Å². The van der Waals surface area contributed by atoms with Crippen LogP contribution in [0.25, 0.3) is 0 Å². The lowest BCUT2D eigenvalue weighted by Crippen LogP contribution is -2.39. The number of allylic oxidation sites excluding steroid dienone is 4. The lowest BCUT2D eigenvalue weighted by Gasteiger charge is -2.43. The number of benzene rings is 2. The number of hydrogen-bond acceptors (Lipinski definition) is 5. The molecule has 0 atom stereocenters. The second-order valence-electron chi connectivity index (χ2n) is 9.34. The molecule has 0 unspecified atom stereocenters. The molecule has 0 aromatic heterocycles. The van der Waals surface area contributed by atoms with Gasteiger partial charge in [0, 0.05) is 64.1 Å². The molecule has 1 amide bonds. The maximum Gasteiger partial charge on any atom is 0.262 e. The van der Waals surface area contributed by atoms with Gasteiger partial charge >= 0.3 is 0 Å². The molecule has 0 bridgehead atoms. The fraction of sp³-hybridized carbons (Fsp3) is 0.345. The Bertz CT molecular complexity index is 1240. The minimum absolute atomic E-state index is 0.0670. The van der Waals surface area contributed by atoms with Crippen LogP contribution in [0.15, 0.2) is 71.1 Å². The molecule has 2 aromatic rings. The number of anilines is 1. The highest BCUT2D eigenvalue weighted by atomic mass is 35.5. The summed E-state index contributed by atoms with van der Waals surface area (Å²) in [4.78, 5) is 41.5. The Kier molecular flexibility index (Phi) is 6.97. The van der Waals surface area contributed by atoms with Gasteiger partial charge in [-0.2, -0.15) is 0 Å². The van der Waals surface area contributed by atoms with E-state index in [-0.39, 0.29) is 24.1 Å². The van der Waals surface area contributed by atoms with Gasteiger partial charge in [-0.1, -0.05) is 29.8 Å². The first-order chi connectivity index (χ1) is 17.5. The predicted molar refractivity (Wildman–Crippen MR) is 139 cm³/mol.